The first-order chi connectivity index (χ1) is 11.7. The van der Waals surface area contributed by atoms with Gasteiger partial charge in [-0.15, -0.1) is 0 Å². The average Bonchev–Trinajstić information content (AvgIpc) is 3.13. The number of carbonyl (C=O) groups is 2. The SMILES string of the molecule is CCCN(CCC(=O)OCC)C(=O)c1ccc(-n2cccc2)cc1. The minimum atomic E-state index is -0.269. The molecule has 0 N–H and O–H groups in total. The number of carbonyl (C=O) groups excluding carboxylic acids is 2. The second-order valence-corrected chi connectivity index (χ2v) is 5.48. The van der Waals surface area contributed by atoms with Crippen LogP contribution in [-0.4, -0.2) is 41.0 Å². The Kier molecular flexibility index (Phi) is 6.61. The third-order valence-corrected chi connectivity index (χ3v) is 3.69. The highest BCUT2D eigenvalue weighted by molar-refractivity contribution is 5.94. The van der Waals surface area contributed by atoms with E-state index in [-0.39, 0.29) is 18.3 Å². The first-order valence-corrected chi connectivity index (χ1v) is 8.34. The van der Waals surface area contributed by atoms with E-state index >= 15 is 0 Å². The number of amides is 1. The summed E-state index contributed by atoms with van der Waals surface area (Å²) in [5.74, 6) is -0.324. The number of hydrogen-bond acceptors (Lipinski definition) is 3. The normalized spacial score (nSPS) is 10.4. The van der Waals surface area contributed by atoms with Crippen molar-refractivity contribution in [2.45, 2.75) is 26.7 Å². The van der Waals surface area contributed by atoms with Gasteiger partial charge in [-0.1, -0.05) is 6.92 Å². The van der Waals surface area contributed by atoms with Crippen LogP contribution in [0.5, 0.6) is 0 Å². The molecule has 0 saturated carbocycles. The van der Waals surface area contributed by atoms with Crippen LogP contribution in [-0.2, 0) is 9.53 Å². The number of rotatable bonds is 8. The zero-order valence-electron chi connectivity index (χ0n) is 14.3. The lowest BCUT2D eigenvalue weighted by molar-refractivity contribution is -0.143. The van der Waals surface area contributed by atoms with Crippen molar-refractivity contribution in [3.63, 3.8) is 0 Å². The third-order valence-electron chi connectivity index (χ3n) is 3.69. The van der Waals surface area contributed by atoms with E-state index in [4.69, 9.17) is 4.74 Å². The first kappa shape index (κ1) is 17.8. The van der Waals surface area contributed by atoms with E-state index in [0.717, 1.165) is 12.1 Å². The highest BCUT2D eigenvalue weighted by Crippen LogP contribution is 2.12. The fraction of sp³-hybridized carbons (Fsp3) is 0.368. The fourth-order valence-electron chi connectivity index (χ4n) is 2.51. The number of benzene rings is 1. The number of aromatic nitrogens is 1. The standard InChI is InChI=1S/C19H24N2O3/c1-3-12-21(15-11-18(22)24-4-2)19(23)16-7-9-17(10-8-16)20-13-5-6-14-20/h5-10,13-14H,3-4,11-12,15H2,1-2H3. The molecular formula is C19H24N2O3. The van der Waals surface area contributed by atoms with Crippen LogP contribution in [0.3, 0.4) is 0 Å². The summed E-state index contributed by atoms with van der Waals surface area (Å²) in [7, 11) is 0. The molecule has 0 fully saturated rings. The molecule has 5 heteroatoms. The van der Waals surface area contributed by atoms with Gasteiger partial charge in [0.25, 0.3) is 5.91 Å². The molecule has 0 radical (unpaired) electrons. The van der Waals surface area contributed by atoms with Crippen molar-refractivity contribution in [1.29, 1.82) is 0 Å². The molecule has 0 aliphatic heterocycles. The Bertz CT molecular complexity index is 648. The van der Waals surface area contributed by atoms with Crippen LogP contribution < -0.4 is 0 Å². The molecule has 128 valence electrons. The van der Waals surface area contributed by atoms with Gasteiger partial charge in [-0.05, 0) is 49.7 Å². The van der Waals surface area contributed by atoms with E-state index in [2.05, 4.69) is 0 Å². The molecule has 0 unspecified atom stereocenters. The Morgan fingerprint density at radius 1 is 1.04 bits per heavy atom. The van der Waals surface area contributed by atoms with Crippen LogP contribution >= 0.6 is 0 Å². The maximum atomic E-state index is 12.7. The molecule has 0 atom stereocenters. The van der Waals surface area contributed by atoms with E-state index in [9.17, 15) is 9.59 Å². The van der Waals surface area contributed by atoms with E-state index < -0.39 is 0 Å². The molecule has 0 aliphatic carbocycles. The Morgan fingerprint density at radius 3 is 2.29 bits per heavy atom. The minimum absolute atomic E-state index is 0.0554. The Morgan fingerprint density at radius 2 is 1.71 bits per heavy atom. The van der Waals surface area contributed by atoms with Crippen LogP contribution in [0.25, 0.3) is 5.69 Å². The summed E-state index contributed by atoms with van der Waals surface area (Å²) in [6.45, 7) is 5.16. The lowest BCUT2D eigenvalue weighted by Gasteiger charge is -2.22. The van der Waals surface area contributed by atoms with Gasteiger partial charge in [0, 0.05) is 36.7 Å². The monoisotopic (exact) mass is 328 g/mol. The van der Waals surface area contributed by atoms with Crippen molar-refractivity contribution in [2.75, 3.05) is 19.7 Å². The Hall–Kier alpha value is -2.56. The molecule has 0 bridgehead atoms. The van der Waals surface area contributed by atoms with E-state index in [1.54, 1.807) is 11.8 Å². The maximum Gasteiger partial charge on any atom is 0.307 e. The van der Waals surface area contributed by atoms with Gasteiger partial charge in [-0.3, -0.25) is 9.59 Å². The topological polar surface area (TPSA) is 51.5 Å². The summed E-state index contributed by atoms with van der Waals surface area (Å²) in [6.07, 6.45) is 4.98. The number of esters is 1. The molecule has 1 amide bonds. The first-order valence-electron chi connectivity index (χ1n) is 8.34. The van der Waals surface area contributed by atoms with Crippen molar-refractivity contribution in [3.8, 4) is 5.69 Å². The van der Waals surface area contributed by atoms with Crippen molar-refractivity contribution < 1.29 is 14.3 Å². The number of ether oxygens (including phenoxy) is 1. The van der Waals surface area contributed by atoms with E-state index in [1.165, 1.54) is 0 Å². The van der Waals surface area contributed by atoms with Crippen molar-refractivity contribution >= 4 is 11.9 Å². The number of hydrogen-bond donors (Lipinski definition) is 0. The molecule has 2 aromatic rings. The Labute approximate surface area is 142 Å². The van der Waals surface area contributed by atoms with Crippen LogP contribution in [0.15, 0.2) is 48.8 Å². The molecule has 5 nitrogen and oxygen atoms in total. The van der Waals surface area contributed by atoms with Gasteiger partial charge < -0.3 is 14.2 Å². The minimum Gasteiger partial charge on any atom is -0.466 e. The van der Waals surface area contributed by atoms with Crippen LogP contribution in [0.2, 0.25) is 0 Å². The van der Waals surface area contributed by atoms with Crippen molar-refractivity contribution in [1.82, 2.24) is 9.47 Å². The quantitative estimate of drug-likeness (QED) is 0.699. The molecule has 0 saturated heterocycles. The van der Waals surface area contributed by atoms with Crippen molar-refractivity contribution in [3.05, 3.63) is 54.4 Å². The fourth-order valence-corrected chi connectivity index (χ4v) is 2.51. The summed E-state index contributed by atoms with van der Waals surface area (Å²) in [5.41, 5.74) is 1.63. The Balaban J connectivity index is 2.04. The second-order valence-electron chi connectivity index (χ2n) is 5.48. The van der Waals surface area contributed by atoms with Gasteiger partial charge in [0.1, 0.15) is 0 Å². The van der Waals surface area contributed by atoms with Gasteiger partial charge in [0.15, 0.2) is 0 Å². The maximum absolute atomic E-state index is 12.7. The van der Waals surface area contributed by atoms with Crippen LogP contribution in [0.1, 0.15) is 37.0 Å². The third kappa shape index (κ3) is 4.72. The summed E-state index contributed by atoms with van der Waals surface area (Å²) in [5, 5.41) is 0. The molecule has 1 aromatic carbocycles. The molecule has 0 aliphatic rings. The molecule has 1 aromatic heterocycles. The zero-order valence-corrected chi connectivity index (χ0v) is 14.3. The van der Waals surface area contributed by atoms with Gasteiger partial charge >= 0.3 is 5.97 Å². The molecule has 24 heavy (non-hydrogen) atoms. The number of nitrogens with zero attached hydrogens (tertiary/aromatic N) is 2. The van der Waals surface area contributed by atoms with Gasteiger partial charge in [-0.25, -0.2) is 0 Å². The largest absolute Gasteiger partial charge is 0.466 e. The smallest absolute Gasteiger partial charge is 0.307 e. The van der Waals surface area contributed by atoms with Gasteiger partial charge in [0.2, 0.25) is 0 Å². The molecule has 2 rings (SSSR count). The summed E-state index contributed by atoms with van der Waals surface area (Å²) in [4.78, 5) is 25.9. The van der Waals surface area contributed by atoms with E-state index in [0.29, 0.717) is 25.3 Å². The lowest BCUT2D eigenvalue weighted by Crippen LogP contribution is -2.34. The predicted molar refractivity (Wildman–Crippen MR) is 93.2 cm³/mol. The lowest BCUT2D eigenvalue weighted by atomic mass is 10.1. The molecule has 0 spiro atoms. The predicted octanol–water partition coefficient (Wildman–Crippen LogP) is 3.28. The van der Waals surface area contributed by atoms with Gasteiger partial charge in [0.05, 0.1) is 13.0 Å². The highest BCUT2D eigenvalue weighted by Gasteiger charge is 2.16. The average molecular weight is 328 g/mol. The van der Waals surface area contributed by atoms with Gasteiger partial charge in [-0.2, -0.15) is 0 Å². The summed E-state index contributed by atoms with van der Waals surface area (Å²) in [6, 6.07) is 11.4. The second kappa shape index (κ2) is 8.91. The van der Waals surface area contributed by atoms with Crippen LogP contribution in [0.4, 0.5) is 0 Å². The van der Waals surface area contributed by atoms with Crippen LogP contribution in [0, 0.1) is 0 Å². The van der Waals surface area contributed by atoms with E-state index in [1.807, 2.05) is 60.3 Å². The summed E-state index contributed by atoms with van der Waals surface area (Å²) >= 11 is 0. The van der Waals surface area contributed by atoms with Crippen molar-refractivity contribution in [2.24, 2.45) is 0 Å². The zero-order chi connectivity index (χ0) is 17.4. The molecular weight excluding hydrogens is 304 g/mol. The summed E-state index contributed by atoms with van der Waals surface area (Å²) < 4.78 is 6.92. The highest BCUT2D eigenvalue weighted by atomic mass is 16.5. The molecule has 1 heterocycles.